The summed E-state index contributed by atoms with van der Waals surface area (Å²) >= 11 is 8.27. The Bertz CT molecular complexity index is 655. The van der Waals surface area contributed by atoms with E-state index in [9.17, 15) is 4.79 Å². The lowest BCUT2D eigenvalue weighted by molar-refractivity contribution is 0.0993. The minimum absolute atomic E-state index is 0.0747. The third kappa shape index (κ3) is 3.23. The minimum atomic E-state index is -0.0747. The van der Waals surface area contributed by atoms with Crippen LogP contribution in [0.15, 0.2) is 53.0 Å². The number of anilines is 1. The van der Waals surface area contributed by atoms with Gasteiger partial charge in [-0.2, -0.15) is 0 Å². The van der Waals surface area contributed by atoms with Gasteiger partial charge in [0.2, 0.25) is 0 Å². The number of nitrogens with zero attached hydrogens (tertiary/aromatic N) is 1. The fourth-order valence-corrected chi connectivity index (χ4v) is 2.32. The predicted octanol–water partition coefficient (Wildman–Crippen LogP) is 3.36. The summed E-state index contributed by atoms with van der Waals surface area (Å²) in [5, 5.41) is 0. The molecule has 2 aromatic carbocycles. The van der Waals surface area contributed by atoms with Crippen LogP contribution < -0.4 is 10.6 Å². The van der Waals surface area contributed by atoms with Crippen LogP contribution in [0.1, 0.15) is 15.9 Å². The lowest BCUT2D eigenvalue weighted by atomic mass is 10.1. The molecule has 0 heterocycles. The van der Waals surface area contributed by atoms with Gasteiger partial charge in [-0.3, -0.25) is 4.79 Å². The van der Waals surface area contributed by atoms with Crippen LogP contribution in [-0.2, 0) is 0 Å². The molecule has 0 spiro atoms. The van der Waals surface area contributed by atoms with Gasteiger partial charge < -0.3 is 10.6 Å². The Morgan fingerprint density at radius 3 is 2.35 bits per heavy atom. The first-order valence-corrected chi connectivity index (χ1v) is 7.12. The molecule has 0 aliphatic heterocycles. The van der Waals surface area contributed by atoms with Crippen LogP contribution in [0, 0.1) is 0 Å². The van der Waals surface area contributed by atoms with Gasteiger partial charge in [-0.15, -0.1) is 0 Å². The first kappa shape index (κ1) is 14.7. The van der Waals surface area contributed by atoms with Gasteiger partial charge in [0.15, 0.2) is 0 Å². The van der Waals surface area contributed by atoms with E-state index in [-0.39, 0.29) is 5.91 Å². The number of nitrogens with two attached hydrogens (primary N) is 1. The number of benzene rings is 2. The van der Waals surface area contributed by atoms with Gasteiger partial charge >= 0.3 is 0 Å². The monoisotopic (exact) mass is 348 g/mol. The molecule has 0 fully saturated rings. The maximum atomic E-state index is 12.4. The molecular formula is C15H13BrN2OS. The van der Waals surface area contributed by atoms with Crippen LogP contribution >= 0.6 is 28.1 Å². The number of hydrogen-bond acceptors (Lipinski definition) is 2. The molecule has 0 saturated heterocycles. The largest absolute Gasteiger partial charge is 0.389 e. The van der Waals surface area contributed by atoms with Gasteiger partial charge in [0.05, 0.1) is 0 Å². The predicted molar refractivity (Wildman–Crippen MR) is 89.2 cm³/mol. The number of halogens is 1. The molecule has 0 aliphatic carbocycles. The van der Waals surface area contributed by atoms with Gasteiger partial charge in [-0.1, -0.05) is 34.2 Å². The van der Waals surface area contributed by atoms with Crippen molar-refractivity contribution in [2.75, 3.05) is 11.9 Å². The van der Waals surface area contributed by atoms with E-state index < -0.39 is 0 Å². The van der Waals surface area contributed by atoms with Gasteiger partial charge in [-0.05, 0) is 42.5 Å². The lowest BCUT2D eigenvalue weighted by Crippen LogP contribution is -2.26. The van der Waals surface area contributed by atoms with Crippen LogP contribution in [0.4, 0.5) is 5.69 Å². The highest BCUT2D eigenvalue weighted by molar-refractivity contribution is 9.10. The number of rotatable bonds is 3. The van der Waals surface area contributed by atoms with E-state index in [1.54, 1.807) is 24.1 Å². The summed E-state index contributed by atoms with van der Waals surface area (Å²) in [6.07, 6.45) is 0. The molecule has 5 heteroatoms. The molecule has 20 heavy (non-hydrogen) atoms. The van der Waals surface area contributed by atoms with Gasteiger partial charge in [0, 0.05) is 28.3 Å². The van der Waals surface area contributed by atoms with E-state index in [2.05, 4.69) is 15.9 Å². The Morgan fingerprint density at radius 1 is 1.15 bits per heavy atom. The molecule has 1 amide bonds. The smallest absolute Gasteiger partial charge is 0.258 e. The van der Waals surface area contributed by atoms with Gasteiger partial charge in [0.25, 0.3) is 5.91 Å². The molecule has 2 rings (SSSR count). The Labute approximate surface area is 131 Å². The molecule has 0 radical (unpaired) electrons. The molecule has 0 atom stereocenters. The van der Waals surface area contributed by atoms with Crippen LogP contribution in [0.3, 0.4) is 0 Å². The van der Waals surface area contributed by atoms with Gasteiger partial charge in [0.1, 0.15) is 4.99 Å². The second-order valence-corrected chi connectivity index (χ2v) is 5.64. The third-order valence-corrected chi connectivity index (χ3v) is 3.64. The second-order valence-electron chi connectivity index (χ2n) is 4.29. The van der Waals surface area contributed by atoms with E-state index in [4.69, 9.17) is 18.0 Å². The molecule has 102 valence electrons. The zero-order valence-electron chi connectivity index (χ0n) is 10.8. The normalized spacial score (nSPS) is 10.1. The Morgan fingerprint density at radius 2 is 1.80 bits per heavy atom. The van der Waals surface area contributed by atoms with Crippen LogP contribution in [-0.4, -0.2) is 17.9 Å². The Hall–Kier alpha value is -1.72. The molecule has 0 bridgehead atoms. The van der Waals surface area contributed by atoms with Gasteiger partial charge in [-0.25, -0.2) is 0 Å². The summed E-state index contributed by atoms with van der Waals surface area (Å²) in [6, 6.07) is 14.6. The molecule has 2 N–H and O–H groups in total. The average Bonchev–Trinajstić information content (AvgIpc) is 2.46. The summed E-state index contributed by atoms with van der Waals surface area (Å²) < 4.78 is 0.876. The third-order valence-electron chi connectivity index (χ3n) is 2.92. The van der Waals surface area contributed by atoms with Crippen molar-refractivity contribution in [3.05, 3.63) is 64.1 Å². The second kappa shape index (κ2) is 6.15. The lowest BCUT2D eigenvalue weighted by Gasteiger charge is -2.18. The fraction of sp³-hybridized carbons (Fsp3) is 0.0667. The average molecular weight is 349 g/mol. The molecule has 0 unspecified atom stereocenters. The van der Waals surface area contributed by atoms with Crippen LogP contribution in [0.25, 0.3) is 0 Å². The number of thiocarbonyl (C=S) groups is 1. The number of amides is 1. The first-order valence-electron chi connectivity index (χ1n) is 5.92. The SMILES string of the molecule is CN(C(=O)c1cccc(Br)c1)c1ccc(C(N)=S)cc1. The van der Waals surface area contributed by atoms with Crippen molar-refractivity contribution in [1.29, 1.82) is 0 Å². The van der Waals surface area contributed by atoms with Crippen molar-refractivity contribution in [2.24, 2.45) is 5.73 Å². The zero-order valence-corrected chi connectivity index (χ0v) is 13.2. The molecule has 2 aromatic rings. The summed E-state index contributed by atoms with van der Waals surface area (Å²) in [5.41, 5.74) is 7.75. The van der Waals surface area contributed by atoms with Crippen molar-refractivity contribution in [3.8, 4) is 0 Å². The maximum absolute atomic E-state index is 12.4. The van der Waals surface area contributed by atoms with E-state index >= 15 is 0 Å². The van der Waals surface area contributed by atoms with Crippen molar-refractivity contribution in [2.45, 2.75) is 0 Å². The number of carbonyl (C=O) groups excluding carboxylic acids is 1. The summed E-state index contributed by atoms with van der Waals surface area (Å²) in [7, 11) is 1.74. The standard InChI is InChI=1S/C15H13BrN2OS/c1-18(13-7-5-10(6-8-13)14(17)20)15(19)11-3-2-4-12(16)9-11/h2-9H,1H3,(H2,17,20). The molecular weight excluding hydrogens is 336 g/mol. The molecule has 3 nitrogen and oxygen atoms in total. The van der Waals surface area contributed by atoms with Crippen molar-refractivity contribution < 1.29 is 4.79 Å². The molecule has 0 aliphatic rings. The van der Waals surface area contributed by atoms with Crippen molar-refractivity contribution >= 4 is 44.7 Å². The van der Waals surface area contributed by atoms with E-state index in [1.165, 1.54) is 0 Å². The highest BCUT2D eigenvalue weighted by atomic mass is 79.9. The van der Waals surface area contributed by atoms with E-state index in [1.807, 2.05) is 36.4 Å². The quantitative estimate of drug-likeness (QED) is 0.865. The summed E-state index contributed by atoms with van der Waals surface area (Å²) in [5.74, 6) is -0.0747. The fourth-order valence-electron chi connectivity index (χ4n) is 1.78. The van der Waals surface area contributed by atoms with E-state index in [0.29, 0.717) is 10.6 Å². The zero-order chi connectivity index (χ0) is 14.7. The van der Waals surface area contributed by atoms with Crippen LogP contribution in [0.5, 0.6) is 0 Å². The summed E-state index contributed by atoms with van der Waals surface area (Å²) in [6.45, 7) is 0. The number of carbonyl (C=O) groups is 1. The van der Waals surface area contributed by atoms with Crippen molar-refractivity contribution in [3.63, 3.8) is 0 Å². The highest BCUT2D eigenvalue weighted by Gasteiger charge is 2.13. The van der Waals surface area contributed by atoms with E-state index in [0.717, 1.165) is 15.7 Å². The molecule has 0 aromatic heterocycles. The van der Waals surface area contributed by atoms with Crippen LogP contribution in [0.2, 0.25) is 0 Å². The summed E-state index contributed by atoms with van der Waals surface area (Å²) in [4.78, 5) is 14.3. The topological polar surface area (TPSA) is 46.3 Å². The highest BCUT2D eigenvalue weighted by Crippen LogP contribution is 2.18. The minimum Gasteiger partial charge on any atom is -0.389 e. The first-order chi connectivity index (χ1) is 9.49. The van der Waals surface area contributed by atoms with Crippen molar-refractivity contribution in [1.82, 2.24) is 0 Å². The number of hydrogen-bond donors (Lipinski definition) is 1. The molecule has 0 saturated carbocycles. The Balaban J connectivity index is 2.24. The maximum Gasteiger partial charge on any atom is 0.258 e. The Kier molecular flexibility index (Phi) is 4.52.